The number of thiazole rings is 1. The summed E-state index contributed by atoms with van der Waals surface area (Å²) in [7, 11) is 0. The monoisotopic (exact) mass is 374 g/mol. The first-order chi connectivity index (χ1) is 12.7. The Kier molecular flexibility index (Phi) is 6.57. The van der Waals surface area contributed by atoms with Crippen molar-refractivity contribution in [3.05, 3.63) is 29.3 Å². The van der Waals surface area contributed by atoms with E-state index < -0.39 is 0 Å². The van der Waals surface area contributed by atoms with Gasteiger partial charge >= 0.3 is 0 Å². The number of rotatable bonds is 7. The summed E-state index contributed by atoms with van der Waals surface area (Å²) in [5.74, 6) is 0.270. The molecule has 0 atom stereocenters. The van der Waals surface area contributed by atoms with Crippen molar-refractivity contribution in [1.29, 1.82) is 0 Å². The Bertz CT molecular complexity index is 720. The van der Waals surface area contributed by atoms with E-state index in [0.29, 0.717) is 32.6 Å². The minimum Gasteiger partial charge on any atom is -0.355 e. The molecule has 1 aromatic heterocycles. The lowest BCUT2D eigenvalue weighted by Gasteiger charge is -2.34. The van der Waals surface area contributed by atoms with Crippen molar-refractivity contribution in [3.8, 4) is 0 Å². The Morgan fingerprint density at radius 1 is 1.19 bits per heavy atom. The van der Waals surface area contributed by atoms with Crippen LogP contribution in [0.4, 0.5) is 0 Å². The van der Waals surface area contributed by atoms with Crippen LogP contribution in [0.2, 0.25) is 0 Å². The summed E-state index contributed by atoms with van der Waals surface area (Å²) >= 11 is 1.71. The van der Waals surface area contributed by atoms with Crippen LogP contribution in [0.15, 0.2) is 24.3 Å². The molecular weight excluding hydrogens is 348 g/mol. The number of piperazine rings is 1. The minimum atomic E-state index is 0.0584. The van der Waals surface area contributed by atoms with E-state index in [2.05, 4.69) is 21.3 Å². The van der Waals surface area contributed by atoms with E-state index in [1.165, 1.54) is 4.70 Å². The van der Waals surface area contributed by atoms with E-state index in [-0.39, 0.29) is 11.8 Å². The fourth-order valence-electron chi connectivity index (χ4n) is 3.19. The highest BCUT2D eigenvalue weighted by atomic mass is 32.1. The highest BCUT2D eigenvalue weighted by Gasteiger charge is 2.22. The number of hydrogen-bond acceptors (Lipinski definition) is 5. The van der Waals surface area contributed by atoms with Crippen LogP contribution in [0.1, 0.15) is 24.8 Å². The highest BCUT2D eigenvalue weighted by molar-refractivity contribution is 7.18. The number of benzene rings is 1. The molecule has 140 valence electrons. The van der Waals surface area contributed by atoms with E-state index >= 15 is 0 Å². The molecule has 1 aliphatic heterocycles. The SMILES string of the molecule is CCNC(=O)CN1CCN(C(=O)CCCc2nc3ccccc3s2)CC1. The second-order valence-electron chi connectivity index (χ2n) is 6.54. The average molecular weight is 375 g/mol. The Morgan fingerprint density at radius 3 is 2.69 bits per heavy atom. The van der Waals surface area contributed by atoms with E-state index in [1.54, 1.807) is 11.3 Å². The van der Waals surface area contributed by atoms with Crippen LogP contribution in [-0.4, -0.2) is 65.9 Å². The van der Waals surface area contributed by atoms with E-state index in [9.17, 15) is 9.59 Å². The molecule has 3 rings (SSSR count). The summed E-state index contributed by atoms with van der Waals surface area (Å²) in [5.41, 5.74) is 1.04. The number of nitrogens with zero attached hydrogens (tertiary/aromatic N) is 3. The molecule has 1 aliphatic rings. The van der Waals surface area contributed by atoms with Crippen molar-refractivity contribution in [2.24, 2.45) is 0 Å². The standard InChI is InChI=1S/C19H26N4O2S/c1-2-20-17(24)14-22-10-12-23(13-11-22)19(25)9-5-8-18-21-15-6-3-4-7-16(15)26-18/h3-4,6-7H,2,5,8-14H2,1H3,(H,20,24). The van der Waals surface area contributed by atoms with Gasteiger partial charge in [-0.3, -0.25) is 14.5 Å². The van der Waals surface area contributed by atoms with Crippen molar-refractivity contribution in [2.75, 3.05) is 39.3 Å². The summed E-state index contributed by atoms with van der Waals surface area (Å²) in [4.78, 5) is 32.7. The lowest BCUT2D eigenvalue weighted by molar-refractivity contribution is -0.133. The topological polar surface area (TPSA) is 65.5 Å². The van der Waals surface area contributed by atoms with Crippen LogP contribution < -0.4 is 5.32 Å². The molecule has 0 bridgehead atoms. The highest BCUT2D eigenvalue weighted by Crippen LogP contribution is 2.22. The van der Waals surface area contributed by atoms with Crippen molar-refractivity contribution in [3.63, 3.8) is 0 Å². The minimum absolute atomic E-state index is 0.0584. The first-order valence-corrected chi connectivity index (χ1v) is 10.1. The van der Waals surface area contributed by atoms with Gasteiger partial charge in [0.2, 0.25) is 11.8 Å². The van der Waals surface area contributed by atoms with Crippen LogP contribution in [-0.2, 0) is 16.0 Å². The maximum absolute atomic E-state index is 12.4. The lowest BCUT2D eigenvalue weighted by atomic mass is 10.2. The van der Waals surface area contributed by atoms with Gasteiger partial charge in [-0.05, 0) is 31.9 Å². The summed E-state index contributed by atoms with van der Waals surface area (Å²) < 4.78 is 1.21. The third-order valence-corrected chi connectivity index (χ3v) is 5.68. The smallest absolute Gasteiger partial charge is 0.234 e. The molecule has 7 heteroatoms. The second-order valence-corrected chi connectivity index (χ2v) is 7.65. The molecule has 1 fully saturated rings. The molecule has 26 heavy (non-hydrogen) atoms. The number of aromatic nitrogens is 1. The van der Waals surface area contributed by atoms with Gasteiger partial charge in [0.05, 0.1) is 21.8 Å². The lowest BCUT2D eigenvalue weighted by Crippen LogP contribution is -2.51. The first kappa shape index (κ1) is 18.8. The number of hydrogen-bond donors (Lipinski definition) is 1. The molecule has 1 N–H and O–H groups in total. The maximum atomic E-state index is 12.4. The molecule has 1 aromatic carbocycles. The van der Waals surface area contributed by atoms with Crippen LogP contribution in [0.5, 0.6) is 0 Å². The number of amides is 2. The Balaban J connectivity index is 1.38. The maximum Gasteiger partial charge on any atom is 0.234 e. The normalized spacial score (nSPS) is 15.3. The van der Waals surface area contributed by atoms with Crippen molar-refractivity contribution in [2.45, 2.75) is 26.2 Å². The first-order valence-electron chi connectivity index (χ1n) is 9.27. The zero-order chi connectivity index (χ0) is 18.4. The molecule has 6 nitrogen and oxygen atoms in total. The molecule has 0 spiro atoms. The third kappa shape index (κ3) is 5.02. The van der Waals surface area contributed by atoms with Gasteiger partial charge in [-0.2, -0.15) is 0 Å². The number of carbonyl (C=O) groups excluding carboxylic acids is 2. The summed E-state index contributed by atoms with van der Waals surface area (Å²) in [6.07, 6.45) is 2.24. The number of aryl methyl sites for hydroxylation is 1. The third-order valence-electron chi connectivity index (χ3n) is 4.59. The number of fused-ring (bicyclic) bond motifs is 1. The molecule has 0 aliphatic carbocycles. The van der Waals surface area contributed by atoms with Crippen molar-refractivity contribution in [1.82, 2.24) is 20.1 Å². The van der Waals surface area contributed by atoms with Gasteiger partial charge in [0.25, 0.3) is 0 Å². The predicted octanol–water partition coefficient (Wildman–Crippen LogP) is 1.90. The Labute approximate surface area is 158 Å². The molecule has 2 amide bonds. The zero-order valence-corrected chi connectivity index (χ0v) is 16.1. The fourth-order valence-corrected chi connectivity index (χ4v) is 4.20. The average Bonchev–Trinajstić information content (AvgIpc) is 3.05. The van der Waals surface area contributed by atoms with Crippen LogP contribution >= 0.6 is 11.3 Å². The fraction of sp³-hybridized carbons (Fsp3) is 0.526. The van der Waals surface area contributed by atoms with Crippen LogP contribution in [0.25, 0.3) is 10.2 Å². The molecule has 2 aromatic rings. The van der Waals surface area contributed by atoms with Crippen molar-refractivity contribution >= 4 is 33.4 Å². The summed E-state index contributed by atoms with van der Waals surface area (Å²) in [6, 6.07) is 8.14. The molecule has 0 saturated carbocycles. The van der Waals surface area contributed by atoms with Crippen molar-refractivity contribution < 1.29 is 9.59 Å². The van der Waals surface area contributed by atoms with E-state index in [0.717, 1.165) is 36.5 Å². The zero-order valence-electron chi connectivity index (χ0n) is 15.2. The van der Waals surface area contributed by atoms with Gasteiger partial charge in [0, 0.05) is 39.1 Å². The van der Waals surface area contributed by atoms with Crippen LogP contribution in [0.3, 0.4) is 0 Å². The summed E-state index contributed by atoms with van der Waals surface area (Å²) in [5, 5.41) is 3.92. The molecule has 0 radical (unpaired) electrons. The van der Waals surface area contributed by atoms with Gasteiger partial charge in [-0.1, -0.05) is 12.1 Å². The van der Waals surface area contributed by atoms with Gasteiger partial charge < -0.3 is 10.2 Å². The van der Waals surface area contributed by atoms with E-state index in [1.807, 2.05) is 30.0 Å². The summed E-state index contributed by atoms with van der Waals surface area (Å²) in [6.45, 7) is 5.95. The van der Waals surface area contributed by atoms with E-state index in [4.69, 9.17) is 0 Å². The number of likely N-dealkylation sites (N-methyl/N-ethyl adjacent to an activating group) is 1. The number of nitrogens with one attached hydrogen (secondary N) is 1. The van der Waals surface area contributed by atoms with Gasteiger partial charge in [-0.25, -0.2) is 4.98 Å². The predicted molar refractivity (Wildman–Crippen MR) is 104 cm³/mol. The van der Waals surface area contributed by atoms with Gasteiger partial charge in [0.15, 0.2) is 0 Å². The quantitative estimate of drug-likeness (QED) is 0.804. The number of para-hydroxylation sites is 1. The number of carbonyl (C=O) groups is 2. The van der Waals surface area contributed by atoms with Crippen LogP contribution in [0, 0.1) is 0 Å². The largest absolute Gasteiger partial charge is 0.355 e. The Hall–Kier alpha value is -1.99. The molecular formula is C19H26N4O2S. The molecule has 0 unspecified atom stereocenters. The molecule has 1 saturated heterocycles. The van der Waals surface area contributed by atoms with Gasteiger partial charge in [0.1, 0.15) is 0 Å². The Morgan fingerprint density at radius 2 is 1.96 bits per heavy atom. The second kappa shape index (κ2) is 9.09. The van der Waals surface area contributed by atoms with Gasteiger partial charge in [-0.15, -0.1) is 11.3 Å². The molecule has 2 heterocycles.